The number of hydrogen-bond donors (Lipinski definition) is 3. The molecule has 3 heterocycles. The Hall–Kier alpha value is -4.30. The van der Waals surface area contributed by atoms with Crippen molar-refractivity contribution in [3.8, 4) is 11.8 Å². The number of unbranched alkanes of at least 4 members (excludes halogenated alkanes) is 1. The van der Waals surface area contributed by atoms with Crippen LogP contribution in [0.3, 0.4) is 0 Å². The smallest absolute Gasteiger partial charge is 0.429 e. The molecule has 0 saturated carbocycles. The molecule has 222 valence electrons. The Morgan fingerprint density at radius 2 is 2.07 bits per heavy atom. The Kier molecular flexibility index (Phi) is 11.0. The zero-order chi connectivity index (χ0) is 29.8. The molecule has 1 atom stereocenters. The molecular formula is C31H39FN7O3+. The molecule has 1 aliphatic rings. The van der Waals surface area contributed by atoms with Gasteiger partial charge in [-0.1, -0.05) is 22.7 Å². The van der Waals surface area contributed by atoms with Gasteiger partial charge in [0, 0.05) is 31.7 Å². The van der Waals surface area contributed by atoms with E-state index in [0.717, 1.165) is 67.7 Å². The fraction of sp³-hybridized carbons (Fsp3) is 0.452. The molecule has 0 saturated heterocycles. The Morgan fingerprint density at radius 3 is 2.81 bits per heavy atom. The van der Waals surface area contributed by atoms with Crippen molar-refractivity contribution in [2.24, 2.45) is 0 Å². The number of aromatic nitrogens is 3. The minimum Gasteiger partial charge on any atom is -0.492 e. The number of fused-ring (bicyclic) bond motifs is 1. The Bertz CT molecular complexity index is 1370. The number of hydrogen-bond acceptors (Lipinski definition) is 9. The quantitative estimate of drug-likeness (QED) is 0.101. The highest BCUT2D eigenvalue weighted by Gasteiger charge is 2.34. The van der Waals surface area contributed by atoms with Crippen molar-refractivity contribution < 1.29 is 23.9 Å². The summed E-state index contributed by atoms with van der Waals surface area (Å²) in [6.07, 6.45) is 9.35. The van der Waals surface area contributed by atoms with Gasteiger partial charge in [-0.05, 0) is 81.0 Å². The lowest BCUT2D eigenvalue weighted by atomic mass is 9.93. The van der Waals surface area contributed by atoms with E-state index in [2.05, 4.69) is 32.7 Å². The number of anilines is 2. The van der Waals surface area contributed by atoms with Crippen LogP contribution < -0.4 is 20.1 Å². The monoisotopic (exact) mass is 576 g/mol. The number of benzene rings is 1. The van der Waals surface area contributed by atoms with E-state index in [0.29, 0.717) is 38.3 Å². The first kappa shape index (κ1) is 30.7. The number of rotatable bonds is 16. The number of nitriles is 1. The van der Waals surface area contributed by atoms with E-state index >= 15 is 0 Å². The molecule has 0 aliphatic carbocycles. The second-order valence-corrected chi connectivity index (χ2v) is 10.6. The molecule has 3 N–H and O–H groups in total. The van der Waals surface area contributed by atoms with E-state index in [1.165, 1.54) is 30.1 Å². The molecule has 1 aliphatic heterocycles. The molecule has 0 fully saturated rings. The van der Waals surface area contributed by atoms with Gasteiger partial charge in [0.15, 0.2) is 6.29 Å². The van der Waals surface area contributed by atoms with Crippen molar-refractivity contribution in [3.63, 3.8) is 0 Å². The zero-order valence-corrected chi connectivity index (χ0v) is 24.1. The highest BCUT2D eigenvalue weighted by molar-refractivity contribution is 5.68. The molecule has 0 spiro atoms. The Labute approximate surface area is 246 Å². The summed E-state index contributed by atoms with van der Waals surface area (Å²) < 4.78 is 19.9. The van der Waals surface area contributed by atoms with Crippen molar-refractivity contribution in [3.05, 3.63) is 71.4 Å². The van der Waals surface area contributed by atoms with E-state index in [9.17, 15) is 14.4 Å². The summed E-state index contributed by atoms with van der Waals surface area (Å²) in [5, 5.41) is 25.8. The lowest BCUT2D eigenvalue weighted by molar-refractivity contribution is -0.895. The topological polar surface area (TPSA) is 127 Å². The van der Waals surface area contributed by atoms with Crippen molar-refractivity contribution in [1.29, 1.82) is 5.26 Å². The summed E-state index contributed by atoms with van der Waals surface area (Å²) in [7, 11) is 0. The Morgan fingerprint density at radius 1 is 1.24 bits per heavy atom. The molecule has 42 heavy (non-hydrogen) atoms. The average molecular weight is 577 g/mol. The van der Waals surface area contributed by atoms with E-state index in [-0.39, 0.29) is 17.3 Å². The Balaban J connectivity index is 1.36. The van der Waals surface area contributed by atoms with Gasteiger partial charge in [0.1, 0.15) is 53.6 Å². The molecule has 2 aromatic heterocycles. The fourth-order valence-electron chi connectivity index (χ4n) is 4.95. The van der Waals surface area contributed by atoms with Gasteiger partial charge in [0.25, 0.3) is 0 Å². The predicted octanol–water partition coefficient (Wildman–Crippen LogP) is 3.92. The maximum absolute atomic E-state index is 13.3. The van der Waals surface area contributed by atoms with Gasteiger partial charge in [-0.2, -0.15) is 5.26 Å². The van der Waals surface area contributed by atoms with Crippen LogP contribution in [0, 0.1) is 17.1 Å². The fourth-order valence-corrected chi connectivity index (χ4v) is 4.95. The van der Waals surface area contributed by atoms with Gasteiger partial charge in [-0.3, -0.25) is 15.0 Å². The molecule has 3 aromatic rings. The van der Waals surface area contributed by atoms with Crippen LogP contribution in [0.2, 0.25) is 0 Å². The number of halogens is 1. The van der Waals surface area contributed by atoms with E-state index < -0.39 is 5.54 Å². The highest BCUT2D eigenvalue weighted by atomic mass is 19.1. The largest absolute Gasteiger partial charge is 0.492 e. The number of ether oxygens (including phenoxy) is 1. The van der Waals surface area contributed by atoms with Crippen LogP contribution in [0.1, 0.15) is 55.8 Å². The summed E-state index contributed by atoms with van der Waals surface area (Å²) in [4.78, 5) is 23.5. The molecule has 10 nitrogen and oxygen atoms in total. The van der Waals surface area contributed by atoms with Crippen molar-refractivity contribution in [1.82, 2.24) is 14.9 Å². The third kappa shape index (κ3) is 8.60. The normalized spacial score (nSPS) is 13.9. The molecule has 0 amide bonds. The predicted molar refractivity (Wildman–Crippen MR) is 156 cm³/mol. The van der Waals surface area contributed by atoms with Gasteiger partial charge in [0.05, 0.1) is 0 Å². The number of aryl methyl sites for hydroxylation is 2. The summed E-state index contributed by atoms with van der Waals surface area (Å²) in [6, 6.07) is 12.2. The highest BCUT2D eigenvalue weighted by Crippen LogP contribution is 2.21. The third-order valence-corrected chi connectivity index (χ3v) is 7.62. The van der Waals surface area contributed by atoms with Gasteiger partial charge >= 0.3 is 5.95 Å². The number of aldehydes is 1. The zero-order valence-electron chi connectivity index (χ0n) is 24.1. The first-order valence-electron chi connectivity index (χ1n) is 14.5. The number of carbonyl (C=O) groups is 1. The lowest BCUT2D eigenvalue weighted by Gasteiger charge is -2.29. The van der Waals surface area contributed by atoms with Crippen LogP contribution in [0.15, 0.2) is 48.8 Å². The average Bonchev–Trinajstić information content (AvgIpc) is 3.02. The maximum atomic E-state index is 13.3. The van der Waals surface area contributed by atoms with Gasteiger partial charge < -0.3 is 15.3 Å². The van der Waals surface area contributed by atoms with Crippen molar-refractivity contribution >= 4 is 18.1 Å². The van der Waals surface area contributed by atoms with Crippen LogP contribution in [-0.4, -0.2) is 64.7 Å². The first-order valence-corrected chi connectivity index (χ1v) is 14.5. The minimum atomic E-state index is -0.970. The van der Waals surface area contributed by atoms with Crippen LogP contribution >= 0.6 is 0 Å². The molecular weight excluding hydrogens is 537 g/mol. The van der Waals surface area contributed by atoms with Crippen LogP contribution in [-0.2, 0) is 17.6 Å². The molecule has 11 heteroatoms. The second kappa shape index (κ2) is 15.1. The van der Waals surface area contributed by atoms with Crippen molar-refractivity contribution in [2.75, 3.05) is 43.4 Å². The van der Waals surface area contributed by atoms with Gasteiger partial charge in [-0.15, -0.1) is 0 Å². The van der Waals surface area contributed by atoms with E-state index in [1.807, 2.05) is 13.0 Å². The SMILES string of the molecule is CCC(C=O)(CCN(CCCCc1ccc2c(n1)NCCC2)CCOc1ccc(F)cc1)Nc1ncc(C#N)c[n+]1O. The van der Waals surface area contributed by atoms with Crippen LogP contribution in [0.25, 0.3) is 0 Å². The van der Waals surface area contributed by atoms with Gasteiger partial charge in [-0.25, -0.2) is 9.37 Å². The molecule has 0 radical (unpaired) electrons. The maximum Gasteiger partial charge on any atom is 0.429 e. The molecule has 4 rings (SSSR count). The first-order chi connectivity index (χ1) is 20.4. The summed E-state index contributed by atoms with van der Waals surface area (Å²) in [5.41, 5.74) is 1.59. The number of nitrogens with zero attached hydrogens (tertiary/aromatic N) is 5. The second-order valence-electron chi connectivity index (χ2n) is 10.6. The standard InChI is InChI=1S/C31H38FN7O3/c1-2-31(23-40,37-30-35-21-24(20-33)22-39(30)41)14-17-38(18-19-42-28-12-9-26(32)10-13-28)16-4-3-7-27-11-8-25-6-5-15-34-29(25)36-27/h8-13,21-23,41H,2-7,14-19H2,1H3,(H,34,36)/p+1. The summed E-state index contributed by atoms with van der Waals surface area (Å²) in [5.74, 6) is 1.38. The van der Waals surface area contributed by atoms with Gasteiger partial charge in [0.2, 0.25) is 0 Å². The number of nitrogens with one attached hydrogen (secondary N) is 2. The molecule has 0 bridgehead atoms. The molecule has 1 unspecified atom stereocenters. The van der Waals surface area contributed by atoms with Crippen LogP contribution in [0.4, 0.5) is 16.2 Å². The van der Waals surface area contributed by atoms with E-state index in [4.69, 9.17) is 15.0 Å². The summed E-state index contributed by atoms with van der Waals surface area (Å²) >= 11 is 0. The van der Waals surface area contributed by atoms with Crippen LogP contribution in [0.5, 0.6) is 5.75 Å². The lowest BCUT2D eigenvalue weighted by Crippen LogP contribution is -2.48. The summed E-state index contributed by atoms with van der Waals surface area (Å²) in [6.45, 7) is 5.28. The third-order valence-electron chi connectivity index (χ3n) is 7.62. The minimum absolute atomic E-state index is 0.0844. The number of carbonyl (C=O) groups excluding carboxylic acids is 1. The van der Waals surface area contributed by atoms with E-state index in [1.54, 1.807) is 12.1 Å². The van der Waals surface area contributed by atoms with Crippen molar-refractivity contribution in [2.45, 2.75) is 57.4 Å². The molecule has 1 aromatic carbocycles. The number of pyridine rings is 1.